The van der Waals surface area contributed by atoms with Gasteiger partial charge in [-0.25, -0.2) is 14.2 Å². The molecule has 7 heteroatoms. The molecule has 1 unspecified atom stereocenters. The molecule has 3 rings (SSSR count). The Morgan fingerprint density at radius 1 is 1.36 bits per heavy atom. The van der Waals surface area contributed by atoms with Crippen LogP contribution in [0.15, 0.2) is 52.6 Å². The van der Waals surface area contributed by atoms with E-state index in [0.717, 1.165) is 0 Å². The van der Waals surface area contributed by atoms with Gasteiger partial charge in [-0.2, -0.15) is 0 Å². The summed E-state index contributed by atoms with van der Waals surface area (Å²) in [5, 5.41) is 11.8. The molecule has 1 atom stereocenters. The second-order valence-electron chi connectivity index (χ2n) is 4.70. The van der Waals surface area contributed by atoms with Crippen molar-refractivity contribution in [1.29, 1.82) is 0 Å². The number of nitrogens with zero attached hydrogens (tertiary/aromatic N) is 3. The monoisotopic (exact) mass is 317 g/mol. The van der Waals surface area contributed by atoms with Gasteiger partial charge in [-0.3, -0.25) is 9.89 Å². The number of thiazole rings is 1. The number of carbonyl (C=O) groups is 1. The average molecular weight is 317 g/mol. The molecule has 0 saturated carbocycles. The van der Waals surface area contributed by atoms with Crippen molar-refractivity contribution in [3.63, 3.8) is 0 Å². The predicted octanol–water partition coefficient (Wildman–Crippen LogP) is 2.91. The van der Waals surface area contributed by atoms with Crippen molar-refractivity contribution in [2.75, 3.05) is 4.90 Å². The number of amidine groups is 1. The molecule has 112 valence electrons. The Labute approximate surface area is 130 Å². The Kier molecular flexibility index (Phi) is 3.72. The lowest BCUT2D eigenvalue weighted by atomic mass is 10.1. The number of halogens is 1. The molecule has 0 bridgehead atoms. The van der Waals surface area contributed by atoms with Crippen molar-refractivity contribution >= 4 is 28.8 Å². The summed E-state index contributed by atoms with van der Waals surface area (Å²) in [6.07, 6.45) is 3.18. The molecule has 0 fully saturated rings. The van der Waals surface area contributed by atoms with Crippen LogP contribution in [-0.4, -0.2) is 27.9 Å². The summed E-state index contributed by atoms with van der Waals surface area (Å²) in [4.78, 5) is 21.7. The Bertz CT molecular complexity index is 754. The van der Waals surface area contributed by atoms with Crippen LogP contribution in [0.1, 0.15) is 11.9 Å². The minimum Gasteiger partial charge on any atom is -0.478 e. The van der Waals surface area contributed by atoms with E-state index in [9.17, 15) is 14.3 Å². The van der Waals surface area contributed by atoms with Crippen molar-refractivity contribution in [3.8, 4) is 0 Å². The van der Waals surface area contributed by atoms with Gasteiger partial charge in [0.2, 0.25) is 0 Å². The molecular formula is C15H12FN3O2S. The number of benzene rings is 1. The zero-order valence-electron chi connectivity index (χ0n) is 11.6. The smallest absolute Gasteiger partial charge is 0.335 e. The Balaban J connectivity index is 2.09. The number of hydrogen-bond donors (Lipinski definition) is 1. The molecule has 1 aromatic carbocycles. The molecule has 2 heterocycles. The van der Waals surface area contributed by atoms with E-state index in [0.29, 0.717) is 16.5 Å². The van der Waals surface area contributed by atoms with Crippen LogP contribution in [-0.2, 0) is 4.79 Å². The lowest BCUT2D eigenvalue weighted by Gasteiger charge is -2.28. The first-order valence-corrected chi connectivity index (χ1v) is 7.41. The van der Waals surface area contributed by atoms with Crippen LogP contribution in [0, 0.1) is 5.82 Å². The maximum Gasteiger partial charge on any atom is 0.335 e. The number of rotatable bonds is 3. The Morgan fingerprint density at radius 3 is 2.68 bits per heavy atom. The summed E-state index contributed by atoms with van der Waals surface area (Å²) in [7, 11) is 0. The van der Waals surface area contributed by atoms with E-state index < -0.39 is 12.0 Å². The maximum absolute atomic E-state index is 13.1. The minimum atomic E-state index is -1.03. The zero-order valence-corrected chi connectivity index (χ0v) is 12.4. The third kappa shape index (κ3) is 2.62. The highest BCUT2D eigenvalue weighted by Gasteiger charge is 2.27. The third-order valence-corrected chi connectivity index (χ3v) is 4.01. The zero-order chi connectivity index (χ0) is 15.7. The van der Waals surface area contributed by atoms with Crippen LogP contribution in [0.5, 0.6) is 0 Å². The third-order valence-electron chi connectivity index (χ3n) is 3.24. The molecule has 0 saturated heterocycles. The Hall–Kier alpha value is -2.54. The van der Waals surface area contributed by atoms with Crippen LogP contribution in [0.25, 0.3) is 0 Å². The SMILES string of the molecule is CC1N=C(c2nccs2)N(c2ccc(F)cc2)C=C1C(=O)O. The molecule has 5 nitrogen and oxygen atoms in total. The fourth-order valence-corrected chi connectivity index (χ4v) is 2.78. The van der Waals surface area contributed by atoms with Crippen molar-refractivity contribution in [2.24, 2.45) is 4.99 Å². The van der Waals surface area contributed by atoms with Gasteiger partial charge in [0, 0.05) is 23.5 Å². The summed E-state index contributed by atoms with van der Waals surface area (Å²) >= 11 is 1.41. The predicted molar refractivity (Wildman–Crippen MR) is 82.7 cm³/mol. The van der Waals surface area contributed by atoms with Crippen molar-refractivity contribution in [3.05, 3.63) is 58.4 Å². The molecule has 1 N–H and O–H groups in total. The lowest BCUT2D eigenvalue weighted by Crippen LogP contribution is -2.34. The molecule has 0 amide bonds. The second kappa shape index (κ2) is 5.69. The van der Waals surface area contributed by atoms with Gasteiger partial charge in [0.1, 0.15) is 5.82 Å². The van der Waals surface area contributed by atoms with E-state index in [1.165, 1.54) is 29.7 Å². The van der Waals surface area contributed by atoms with Crippen LogP contribution in [0.3, 0.4) is 0 Å². The number of carboxylic acid groups (broad SMARTS) is 1. The quantitative estimate of drug-likeness (QED) is 0.945. The van der Waals surface area contributed by atoms with Crippen LogP contribution >= 0.6 is 11.3 Å². The van der Waals surface area contributed by atoms with E-state index in [1.54, 1.807) is 30.2 Å². The molecule has 0 radical (unpaired) electrons. The maximum atomic E-state index is 13.1. The van der Waals surface area contributed by atoms with Crippen molar-refractivity contribution < 1.29 is 14.3 Å². The van der Waals surface area contributed by atoms with E-state index in [1.807, 2.05) is 5.38 Å². The normalized spacial score (nSPS) is 17.9. The van der Waals surface area contributed by atoms with E-state index in [2.05, 4.69) is 9.98 Å². The fourth-order valence-electron chi connectivity index (χ4n) is 2.15. The van der Waals surface area contributed by atoms with Gasteiger partial charge < -0.3 is 5.11 Å². The summed E-state index contributed by atoms with van der Waals surface area (Å²) in [5.74, 6) is -0.829. The van der Waals surface area contributed by atoms with Gasteiger partial charge in [0.15, 0.2) is 10.8 Å². The number of aliphatic carboxylic acids is 1. The lowest BCUT2D eigenvalue weighted by molar-refractivity contribution is -0.132. The summed E-state index contributed by atoms with van der Waals surface area (Å²) in [6, 6.07) is 5.31. The first-order chi connectivity index (χ1) is 10.6. The summed E-state index contributed by atoms with van der Waals surface area (Å²) in [6.45, 7) is 1.72. The van der Waals surface area contributed by atoms with Crippen LogP contribution < -0.4 is 4.90 Å². The standard InChI is InChI=1S/C15H12FN3O2S/c1-9-12(15(20)21)8-19(11-4-2-10(16)3-5-11)13(18-9)14-17-6-7-22-14/h2-9H,1H3,(H,20,21). The average Bonchev–Trinajstić information content (AvgIpc) is 3.02. The first-order valence-electron chi connectivity index (χ1n) is 6.53. The highest BCUT2D eigenvalue weighted by molar-refractivity contribution is 7.11. The van der Waals surface area contributed by atoms with Gasteiger partial charge in [-0.15, -0.1) is 11.3 Å². The molecule has 2 aromatic rings. The van der Waals surface area contributed by atoms with Gasteiger partial charge in [-0.1, -0.05) is 0 Å². The largest absolute Gasteiger partial charge is 0.478 e. The summed E-state index contributed by atoms with van der Waals surface area (Å²) in [5.41, 5.74) is 0.797. The molecular weight excluding hydrogens is 305 g/mol. The number of hydrogen-bond acceptors (Lipinski definition) is 5. The fraction of sp³-hybridized carbons (Fsp3) is 0.133. The molecule has 0 spiro atoms. The summed E-state index contributed by atoms with van der Waals surface area (Å²) < 4.78 is 13.1. The number of aliphatic imine (C=N–C) groups is 1. The van der Waals surface area contributed by atoms with E-state index >= 15 is 0 Å². The number of aromatic nitrogens is 1. The topological polar surface area (TPSA) is 65.8 Å². The molecule has 0 aliphatic carbocycles. The number of anilines is 1. The van der Waals surface area contributed by atoms with Crippen molar-refractivity contribution in [1.82, 2.24) is 4.98 Å². The van der Waals surface area contributed by atoms with Crippen LogP contribution in [0.2, 0.25) is 0 Å². The molecule has 22 heavy (non-hydrogen) atoms. The van der Waals surface area contributed by atoms with Gasteiger partial charge in [-0.05, 0) is 31.2 Å². The van der Waals surface area contributed by atoms with E-state index in [4.69, 9.17) is 0 Å². The highest BCUT2D eigenvalue weighted by Crippen LogP contribution is 2.26. The van der Waals surface area contributed by atoms with Crippen molar-refractivity contribution in [2.45, 2.75) is 13.0 Å². The Morgan fingerprint density at radius 2 is 2.09 bits per heavy atom. The van der Waals surface area contributed by atoms with Gasteiger partial charge in [0.25, 0.3) is 0 Å². The van der Waals surface area contributed by atoms with Crippen LogP contribution in [0.4, 0.5) is 10.1 Å². The highest BCUT2D eigenvalue weighted by atomic mass is 32.1. The number of carboxylic acids is 1. The molecule has 1 aromatic heterocycles. The van der Waals surface area contributed by atoms with Gasteiger partial charge >= 0.3 is 5.97 Å². The second-order valence-corrected chi connectivity index (χ2v) is 5.60. The van der Waals surface area contributed by atoms with E-state index in [-0.39, 0.29) is 11.4 Å². The molecule has 1 aliphatic heterocycles. The minimum absolute atomic E-state index is 0.171. The molecule has 1 aliphatic rings. The first kappa shape index (κ1) is 14.4. The van der Waals surface area contributed by atoms with Gasteiger partial charge in [0.05, 0.1) is 11.6 Å².